The largest absolute Gasteiger partial charge is 0.362 e. The van der Waals surface area contributed by atoms with E-state index in [1.807, 2.05) is 31.5 Å². The number of halogens is 1. The minimum absolute atomic E-state index is 0.0271. The number of aromatic nitrogens is 4. The van der Waals surface area contributed by atoms with Crippen LogP contribution in [0.4, 0.5) is 15.9 Å². The van der Waals surface area contributed by atoms with Gasteiger partial charge in [0.1, 0.15) is 11.6 Å². The number of aryl methyl sites for hydroxylation is 2. The normalized spacial score (nSPS) is 19.1. The molecule has 0 amide bonds. The molecule has 1 saturated heterocycles. The summed E-state index contributed by atoms with van der Waals surface area (Å²) in [5.41, 5.74) is 3.85. The van der Waals surface area contributed by atoms with Gasteiger partial charge in [-0.2, -0.15) is 0 Å². The first kappa shape index (κ1) is 24.5. The lowest BCUT2D eigenvalue weighted by molar-refractivity contribution is 0.129. The molecular formula is C28H28FN7O. The summed E-state index contributed by atoms with van der Waals surface area (Å²) in [4.78, 5) is 34.3. The molecule has 0 bridgehead atoms. The molecule has 37 heavy (non-hydrogen) atoms. The number of nitrogens with zero attached hydrogens (tertiary/aromatic N) is 7. The topological polar surface area (TPSA) is 71.5 Å². The lowest BCUT2D eigenvalue weighted by atomic mass is 9.95. The molecule has 1 unspecified atom stereocenters. The lowest BCUT2D eigenvalue weighted by Crippen LogP contribution is -2.57. The van der Waals surface area contributed by atoms with Gasteiger partial charge in [0, 0.05) is 56.2 Å². The fourth-order valence-electron chi connectivity index (χ4n) is 5.20. The maximum atomic E-state index is 13.8. The van der Waals surface area contributed by atoms with E-state index in [0.29, 0.717) is 35.8 Å². The van der Waals surface area contributed by atoms with Crippen LogP contribution in [0.2, 0.25) is 0 Å². The molecular weight excluding hydrogens is 469 g/mol. The van der Waals surface area contributed by atoms with Gasteiger partial charge >= 0.3 is 0 Å². The first-order valence-electron chi connectivity index (χ1n) is 12.2. The lowest BCUT2D eigenvalue weighted by Gasteiger charge is -2.48. The summed E-state index contributed by atoms with van der Waals surface area (Å²) < 4.78 is 15.3. The Bertz CT molecular complexity index is 1500. The molecule has 0 saturated carbocycles. The maximum Gasteiger partial charge on any atom is 0.270 e. The van der Waals surface area contributed by atoms with Gasteiger partial charge in [-0.25, -0.2) is 14.4 Å². The summed E-state index contributed by atoms with van der Waals surface area (Å²) in [6.07, 6.45) is 3.68. The Morgan fingerprint density at radius 1 is 1.03 bits per heavy atom. The summed E-state index contributed by atoms with van der Waals surface area (Å²) in [5.74, 6) is 0.705. The number of pyridine rings is 2. The van der Waals surface area contributed by atoms with Crippen molar-refractivity contribution in [1.82, 2.24) is 24.4 Å². The van der Waals surface area contributed by atoms with E-state index in [9.17, 15) is 9.18 Å². The number of rotatable bonds is 4. The Hall–Kier alpha value is -4.16. The third-order valence-electron chi connectivity index (χ3n) is 7.15. The quantitative estimate of drug-likeness (QED) is 0.389. The number of hydrogen-bond acceptors (Lipinski definition) is 6. The molecule has 3 atom stereocenters. The van der Waals surface area contributed by atoms with Gasteiger partial charge in [-0.1, -0.05) is 18.7 Å². The zero-order valence-corrected chi connectivity index (χ0v) is 21.3. The summed E-state index contributed by atoms with van der Waals surface area (Å²) >= 11 is 0. The molecule has 188 valence electrons. The molecule has 4 heterocycles. The van der Waals surface area contributed by atoms with Crippen molar-refractivity contribution < 1.29 is 4.39 Å². The monoisotopic (exact) mass is 497 g/mol. The standard InChI is InChI=1S/C28H28FN7O/c1-17-16-36(28(20-6-8-22(29)9-7-20)21-13-31-19(3)32-14-21)18(2)15-35(17)24-12-26(37)34(5)23-10-11-25(30-4)33-27(23)24/h6-14,17-18,28H,15-16H2,1-3,5H3/t17-,18+,28?/m0/s1. The zero-order chi connectivity index (χ0) is 26.3. The Morgan fingerprint density at radius 3 is 2.41 bits per heavy atom. The molecule has 9 heteroatoms. The van der Waals surface area contributed by atoms with Gasteiger partial charge in [0.15, 0.2) is 0 Å². The maximum absolute atomic E-state index is 13.8. The minimum atomic E-state index is -0.280. The molecule has 5 rings (SSSR count). The van der Waals surface area contributed by atoms with Crippen molar-refractivity contribution in [2.75, 3.05) is 18.0 Å². The highest BCUT2D eigenvalue weighted by Crippen LogP contribution is 2.36. The smallest absolute Gasteiger partial charge is 0.270 e. The second-order valence-electron chi connectivity index (χ2n) is 9.64. The number of benzene rings is 1. The molecule has 4 aromatic rings. The molecule has 1 aliphatic heterocycles. The molecule has 0 aliphatic carbocycles. The van der Waals surface area contributed by atoms with Crippen LogP contribution in [0.3, 0.4) is 0 Å². The van der Waals surface area contributed by atoms with E-state index >= 15 is 0 Å². The molecule has 1 aliphatic rings. The highest BCUT2D eigenvalue weighted by molar-refractivity contribution is 5.89. The second kappa shape index (κ2) is 9.71. The number of hydrogen-bond donors (Lipinski definition) is 0. The molecule has 8 nitrogen and oxygen atoms in total. The molecule has 0 spiro atoms. The Balaban J connectivity index is 1.55. The van der Waals surface area contributed by atoms with E-state index in [1.165, 1.54) is 12.1 Å². The van der Waals surface area contributed by atoms with Crippen molar-refractivity contribution >= 4 is 22.5 Å². The Labute approximate surface area is 214 Å². The van der Waals surface area contributed by atoms with Crippen molar-refractivity contribution in [3.8, 4) is 0 Å². The molecule has 0 radical (unpaired) electrons. The van der Waals surface area contributed by atoms with Crippen LogP contribution in [0.5, 0.6) is 0 Å². The highest BCUT2D eigenvalue weighted by Gasteiger charge is 2.36. The number of fused-ring (bicyclic) bond motifs is 1. The van der Waals surface area contributed by atoms with Crippen molar-refractivity contribution in [2.24, 2.45) is 7.05 Å². The average molecular weight is 498 g/mol. The van der Waals surface area contributed by atoms with Crippen LogP contribution in [0.1, 0.15) is 36.8 Å². The molecule has 0 N–H and O–H groups in total. The van der Waals surface area contributed by atoms with Crippen LogP contribution in [-0.4, -0.2) is 49.6 Å². The number of anilines is 1. The van der Waals surface area contributed by atoms with Gasteiger partial charge in [-0.15, -0.1) is 4.98 Å². The van der Waals surface area contributed by atoms with E-state index in [1.54, 1.807) is 29.8 Å². The van der Waals surface area contributed by atoms with Crippen LogP contribution in [0, 0.1) is 19.3 Å². The number of piperazine rings is 1. The third kappa shape index (κ3) is 4.56. The van der Waals surface area contributed by atoms with Gasteiger partial charge in [0.25, 0.3) is 11.4 Å². The van der Waals surface area contributed by atoms with Gasteiger partial charge in [0.05, 0.1) is 17.2 Å². The van der Waals surface area contributed by atoms with E-state index in [2.05, 4.69) is 43.4 Å². The first-order chi connectivity index (χ1) is 17.8. The fraction of sp³-hybridized carbons (Fsp3) is 0.321. The van der Waals surface area contributed by atoms with Gasteiger partial charge in [-0.3, -0.25) is 9.69 Å². The minimum Gasteiger partial charge on any atom is -0.362 e. The van der Waals surface area contributed by atoms with Crippen LogP contribution >= 0.6 is 0 Å². The summed E-state index contributed by atoms with van der Waals surface area (Å²) in [5, 5.41) is 0. The fourth-order valence-corrected chi connectivity index (χ4v) is 5.20. The summed E-state index contributed by atoms with van der Waals surface area (Å²) in [6.45, 7) is 14.8. The average Bonchev–Trinajstić information content (AvgIpc) is 2.90. The van der Waals surface area contributed by atoms with E-state index < -0.39 is 0 Å². The highest BCUT2D eigenvalue weighted by atomic mass is 19.1. The SMILES string of the molecule is [C-]#[N+]c1ccc2c(n1)c(N1C[C@@H](C)N(C(c3ccc(F)cc3)c3cnc(C)nc3)C[C@@H]1C)cc(=O)n2C. The second-order valence-corrected chi connectivity index (χ2v) is 9.64. The van der Waals surface area contributed by atoms with Crippen LogP contribution in [0.15, 0.2) is 59.7 Å². The zero-order valence-electron chi connectivity index (χ0n) is 21.3. The van der Waals surface area contributed by atoms with E-state index in [4.69, 9.17) is 6.57 Å². The van der Waals surface area contributed by atoms with Crippen LogP contribution in [-0.2, 0) is 7.05 Å². The van der Waals surface area contributed by atoms with Gasteiger partial charge in [0.2, 0.25) is 5.52 Å². The van der Waals surface area contributed by atoms with Crippen molar-refractivity contribution in [2.45, 2.75) is 38.9 Å². The first-order valence-corrected chi connectivity index (χ1v) is 12.2. The third-order valence-corrected chi connectivity index (χ3v) is 7.15. The van der Waals surface area contributed by atoms with Crippen LogP contribution in [0.25, 0.3) is 15.9 Å². The van der Waals surface area contributed by atoms with Crippen molar-refractivity contribution in [1.29, 1.82) is 0 Å². The summed E-state index contributed by atoms with van der Waals surface area (Å²) in [7, 11) is 1.72. The predicted octanol–water partition coefficient (Wildman–Crippen LogP) is 4.41. The molecule has 1 fully saturated rings. The van der Waals surface area contributed by atoms with Gasteiger partial charge < -0.3 is 14.3 Å². The molecule has 3 aromatic heterocycles. The van der Waals surface area contributed by atoms with E-state index in [0.717, 1.165) is 16.8 Å². The Morgan fingerprint density at radius 2 is 1.73 bits per heavy atom. The summed E-state index contributed by atoms with van der Waals surface area (Å²) in [6, 6.07) is 11.6. The van der Waals surface area contributed by atoms with Crippen LogP contribution < -0.4 is 10.5 Å². The predicted molar refractivity (Wildman–Crippen MR) is 141 cm³/mol. The van der Waals surface area contributed by atoms with E-state index in [-0.39, 0.29) is 29.5 Å². The van der Waals surface area contributed by atoms with Crippen molar-refractivity contribution in [3.63, 3.8) is 0 Å². The Kier molecular flexibility index (Phi) is 6.44. The van der Waals surface area contributed by atoms with Crippen molar-refractivity contribution in [3.05, 3.63) is 99.4 Å². The van der Waals surface area contributed by atoms with Gasteiger partial charge in [-0.05, 0) is 50.6 Å². The molecule has 1 aromatic carbocycles.